The van der Waals surface area contributed by atoms with Gasteiger partial charge in [-0.3, -0.25) is 10.1 Å². The molecule has 0 bridgehead atoms. The van der Waals surface area contributed by atoms with Crippen LogP contribution in [-0.2, 0) is 4.79 Å². The standard InChI is InChI=1S/C15H21N3O2/c1-11-6-2-5-9-13(11)16-10-14(19)18-15(20)17-12-7-3-4-8-12/h2,5-6,9,12,16H,3-4,7-8,10H2,1H3,(H2,17,18,19,20). The summed E-state index contributed by atoms with van der Waals surface area (Å²) in [5.41, 5.74) is 1.97. The molecule has 0 heterocycles. The first kappa shape index (κ1) is 14.4. The molecule has 108 valence electrons. The van der Waals surface area contributed by atoms with Gasteiger partial charge in [-0.2, -0.15) is 0 Å². The van der Waals surface area contributed by atoms with Crippen molar-refractivity contribution in [1.29, 1.82) is 0 Å². The molecule has 3 N–H and O–H groups in total. The zero-order chi connectivity index (χ0) is 14.4. The second kappa shape index (κ2) is 6.93. The lowest BCUT2D eigenvalue weighted by atomic mass is 10.2. The highest BCUT2D eigenvalue weighted by Gasteiger charge is 2.17. The molecular formula is C15H21N3O2. The molecule has 0 unspecified atom stereocenters. The number of carbonyl (C=O) groups excluding carboxylic acids is 2. The van der Waals surface area contributed by atoms with E-state index in [2.05, 4.69) is 16.0 Å². The van der Waals surface area contributed by atoms with Crippen LogP contribution in [0.25, 0.3) is 0 Å². The summed E-state index contributed by atoms with van der Waals surface area (Å²) in [5, 5.41) is 8.19. The van der Waals surface area contributed by atoms with Crippen LogP contribution in [0.3, 0.4) is 0 Å². The van der Waals surface area contributed by atoms with E-state index in [1.807, 2.05) is 31.2 Å². The van der Waals surface area contributed by atoms with E-state index < -0.39 is 6.03 Å². The van der Waals surface area contributed by atoms with Crippen LogP contribution in [0.1, 0.15) is 31.2 Å². The second-order valence-corrected chi connectivity index (χ2v) is 5.17. The zero-order valence-electron chi connectivity index (χ0n) is 11.7. The van der Waals surface area contributed by atoms with E-state index in [9.17, 15) is 9.59 Å². The maximum absolute atomic E-state index is 11.7. The molecule has 0 aromatic heterocycles. The third-order valence-corrected chi connectivity index (χ3v) is 3.53. The summed E-state index contributed by atoms with van der Waals surface area (Å²) in [6, 6.07) is 7.53. The van der Waals surface area contributed by atoms with E-state index in [0.717, 1.165) is 36.9 Å². The predicted octanol–water partition coefficient (Wildman–Crippen LogP) is 2.18. The van der Waals surface area contributed by atoms with Gasteiger partial charge in [-0.05, 0) is 31.4 Å². The first-order chi connectivity index (χ1) is 9.65. The maximum Gasteiger partial charge on any atom is 0.321 e. The van der Waals surface area contributed by atoms with Gasteiger partial charge in [-0.1, -0.05) is 31.0 Å². The van der Waals surface area contributed by atoms with Gasteiger partial charge < -0.3 is 10.6 Å². The molecule has 1 aromatic carbocycles. The van der Waals surface area contributed by atoms with Crippen molar-refractivity contribution in [2.75, 3.05) is 11.9 Å². The van der Waals surface area contributed by atoms with E-state index in [-0.39, 0.29) is 18.5 Å². The van der Waals surface area contributed by atoms with Crippen molar-refractivity contribution in [3.63, 3.8) is 0 Å². The number of para-hydroxylation sites is 1. The van der Waals surface area contributed by atoms with Crippen molar-refractivity contribution in [3.8, 4) is 0 Å². The molecule has 1 saturated carbocycles. The highest BCUT2D eigenvalue weighted by molar-refractivity contribution is 5.96. The molecule has 0 aliphatic heterocycles. The number of benzene rings is 1. The average molecular weight is 275 g/mol. The topological polar surface area (TPSA) is 70.2 Å². The molecule has 2 rings (SSSR count). The Labute approximate surface area is 119 Å². The Morgan fingerprint density at radius 2 is 1.90 bits per heavy atom. The maximum atomic E-state index is 11.7. The van der Waals surface area contributed by atoms with Crippen molar-refractivity contribution < 1.29 is 9.59 Å². The van der Waals surface area contributed by atoms with Gasteiger partial charge in [0.2, 0.25) is 5.91 Å². The van der Waals surface area contributed by atoms with Gasteiger partial charge in [0.15, 0.2) is 0 Å². The van der Waals surface area contributed by atoms with Gasteiger partial charge in [0.1, 0.15) is 0 Å². The molecule has 5 heteroatoms. The summed E-state index contributed by atoms with van der Waals surface area (Å²) in [4.78, 5) is 23.3. The third kappa shape index (κ3) is 4.26. The minimum Gasteiger partial charge on any atom is -0.376 e. The Balaban J connectivity index is 1.72. The van der Waals surface area contributed by atoms with Gasteiger partial charge in [0, 0.05) is 11.7 Å². The van der Waals surface area contributed by atoms with E-state index in [1.54, 1.807) is 0 Å². The van der Waals surface area contributed by atoms with Crippen LogP contribution >= 0.6 is 0 Å². The molecule has 0 atom stereocenters. The molecule has 0 radical (unpaired) electrons. The fourth-order valence-electron chi connectivity index (χ4n) is 2.41. The zero-order valence-corrected chi connectivity index (χ0v) is 11.7. The van der Waals surface area contributed by atoms with E-state index in [1.165, 1.54) is 0 Å². The van der Waals surface area contributed by atoms with Crippen LogP contribution in [-0.4, -0.2) is 24.5 Å². The van der Waals surface area contributed by atoms with Crippen molar-refractivity contribution in [2.24, 2.45) is 0 Å². The molecule has 0 saturated heterocycles. The van der Waals surface area contributed by atoms with Gasteiger partial charge in [-0.15, -0.1) is 0 Å². The monoisotopic (exact) mass is 275 g/mol. The number of hydrogen-bond donors (Lipinski definition) is 3. The quantitative estimate of drug-likeness (QED) is 0.788. The smallest absolute Gasteiger partial charge is 0.321 e. The predicted molar refractivity (Wildman–Crippen MR) is 78.6 cm³/mol. The lowest BCUT2D eigenvalue weighted by Crippen LogP contribution is -2.45. The summed E-state index contributed by atoms with van der Waals surface area (Å²) in [6.45, 7) is 2.05. The lowest BCUT2D eigenvalue weighted by molar-refractivity contribution is -0.118. The van der Waals surface area contributed by atoms with Crippen molar-refractivity contribution in [2.45, 2.75) is 38.6 Å². The number of carbonyl (C=O) groups is 2. The Bertz CT molecular complexity index is 482. The van der Waals surface area contributed by atoms with Gasteiger partial charge in [0.05, 0.1) is 6.54 Å². The molecule has 1 aliphatic rings. The van der Waals surface area contributed by atoms with Crippen LogP contribution in [0, 0.1) is 6.92 Å². The number of nitrogens with one attached hydrogen (secondary N) is 3. The largest absolute Gasteiger partial charge is 0.376 e. The number of hydrogen-bond acceptors (Lipinski definition) is 3. The first-order valence-corrected chi connectivity index (χ1v) is 7.05. The number of imide groups is 1. The number of amides is 3. The highest BCUT2D eigenvalue weighted by atomic mass is 16.2. The molecule has 0 spiro atoms. The lowest BCUT2D eigenvalue weighted by Gasteiger charge is -2.13. The van der Waals surface area contributed by atoms with Gasteiger partial charge in [-0.25, -0.2) is 4.79 Å². The van der Waals surface area contributed by atoms with Crippen LogP contribution in [0.4, 0.5) is 10.5 Å². The van der Waals surface area contributed by atoms with Gasteiger partial charge in [0.25, 0.3) is 0 Å². The van der Waals surface area contributed by atoms with Crippen molar-refractivity contribution >= 4 is 17.6 Å². The summed E-state index contributed by atoms with van der Waals surface area (Å²) in [6.07, 6.45) is 4.30. The molecule has 20 heavy (non-hydrogen) atoms. The minimum atomic E-state index is -0.395. The van der Waals surface area contributed by atoms with Crippen LogP contribution in [0.2, 0.25) is 0 Å². The number of aryl methyl sites for hydroxylation is 1. The molecule has 1 aromatic rings. The van der Waals surface area contributed by atoms with E-state index in [0.29, 0.717) is 0 Å². The Morgan fingerprint density at radius 1 is 1.20 bits per heavy atom. The number of anilines is 1. The second-order valence-electron chi connectivity index (χ2n) is 5.17. The summed E-state index contributed by atoms with van der Waals surface area (Å²) >= 11 is 0. The average Bonchev–Trinajstić information content (AvgIpc) is 2.90. The number of urea groups is 1. The Hall–Kier alpha value is -2.04. The van der Waals surface area contributed by atoms with Crippen molar-refractivity contribution in [3.05, 3.63) is 29.8 Å². The molecule has 1 aliphatic carbocycles. The fraction of sp³-hybridized carbons (Fsp3) is 0.467. The molecular weight excluding hydrogens is 254 g/mol. The first-order valence-electron chi connectivity index (χ1n) is 7.05. The highest BCUT2D eigenvalue weighted by Crippen LogP contribution is 2.17. The third-order valence-electron chi connectivity index (χ3n) is 3.53. The minimum absolute atomic E-state index is 0.0862. The van der Waals surface area contributed by atoms with Gasteiger partial charge >= 0.3 is 6.03 Å². The van der Waals surface area contributed by atoms with Crippen LogP contribution in [0.15, 0.2) is 24.3 Å². The summed E-state index contributed by atoms with van der Waals surface area (Å²) in [7, 11) is 0. The Kier molecular flexibility index (Phi) is 4.98. The van der Waals surface area contributed by atoms with Crippen molar-refractivity contribution in [1.82, 2.24) is 10.6 Å². The normalized spacial score (nSPS) is 14.8. The summed E-state index contributed by atoms with van der Waals surface area (Å²) in [5.74, 6) is -0.330. The molecule has 5 nitrogen and oxygen atoms in total. The van der Waals surface area contributed by atoms with E-state index in [4.69, 9.17) is 0 Å². The van der Waals surface area contributed by atoms with Crippen LogP contribution in [0.5, 0.6) is 0 Å². The molecule has 3 amide bonds. The van der Waals surface area contributed by atoms with Crippen LogP contribution < -0.4 is 16.0 Å². The Morgan fingerprint density at radius 3 is 2.60 bits per heavy atom. The fourth-order valence-corrected chi connectivity index (χ4v) is 2.41. The summed E-state index contributed by atoms with van der Waals surface area (Å²) < 4.78 is 0. The van der Waals surface area contributed by atoms with E-state index >= 15 is 0 Å². The molecule has 1 fully saturated rings. The number of rotatable bonds is 4. The SMILES string of the molecule is Cc1ccccc1NCC(=O)NC(=O)NC1CCCC1.